The maximum atomic E-state index is 11.3. The minimum Gasteiger partial charge on any atom is -0.488 e. The molecule has 0 fully saturated rings. The fraction of sp³-hybridized carbons (Fsp3) is 0.143. The van der Waals surface area contributed by atoms with Gasteiger partial charge in [0.15, 0.2) is 0 Å². The molecule has 0 saturated carbocycles. The summed E-state index contributed by atoms with van der Waals surface area (Å²) in [6.07, 6.45) is 0.952. The zero-order valence-corrected chi connectivity index (χ0v) is 14.5. The van der Waals surface area contributed by atoms with Crippen molar-refractivity contribution in [3.05, 3.63) is 77.9 Å². The summed E-state index contributed by atoms with van der Waals surface area (Å²) in [5.41, 5.74) is 4.19. The fourth-order valence-electron chi connectivity index (χ4n) is 2.61. The summed E-state index contributed by atoms with van der Waals surface area (Å²) in [7, 11) is 0. The number of benzene rings is 3. The number of nitrogens with zero attached hydrogens (tertiary/aromatic N) is 1. The van der Waals surface area contributed by atoms with Crippen molar-refractivity contribution in [3.8, 4) is 5.75 Å². The van der Waals surface area contributed by atoms with Gasteiger partial charge in [-0.15, -0.1) is 0 Å². The van der Waals surface area contributed by atoms with Gasteiger partial charge < -0.3 is 9.47 Å². The number of nitrogens with one attached hydrogen (secondary N) is 1. The quantitative estimate of drug-likeness (QED) is 0.527. The van der Waals surface area contributed by atoms with Crippen LogP contribution in [0.4, 0.5) is 4.79 Å². The maximum absolute atomic E-state index is 11.3. The van der Waals surface area contributed by atoms with Crippen LogP contribution in [-0.4, -0.2) is 18.9 Å². The third-order valence-electron chi connectivity index (χ3n) is 3.82. The number of rotatable bonds is 6. The van der Waals surface area contributed by atoms with Crippen LogP contribution in [0.5, 0.6) is 5.75 Å². The van der Waals surface area contributed by atoms with E-state index in [1.54, 1.807) is 6.92 Å². The third-order valence-corrected chi connectivity index (χ3v) is 3.82. The predicted octanol–water partition coefficient (Wildman–Crippen LogP) is 4.50. The molecule has 0 radical (unpaired) electrons. The van der Waals surface area contributed by atoms with Crippen molar-refractivity contribution in [3.63, 3.8) is 0 Å². The fourth-order valence-corrected chi connectivity index (χ4v) is 2.61. The lowest BCUT2D eigenvalue weighted by molar-refractivity contribution is 0.152. The Morgan fingerprint density at radius 2 is 1.81 bits per heavy atom. The van der Waals surface area contributed by atoms with Gasteiger partial charge in [0.1, 0.15) is 12.4 Å². The van der Waals surface area contributed by atoms with Gasteiger partial charge in [-0.25, -0.2) is 10.2 Å². The van der Waals surface area contributed by atoms with Crippen LogP contribution in [-0.2, 0) is 11.3 Å². The molecule has 0 aliphatic heterocycles. The molecule has 0 saturated heterocycles. The minimum atomic E-state index is -0.585. The molecule has 0 atom stereocenters. The van der Waals surface area contributed by atoms with Gasteiger partial charge >= 0.3 is 6.09 Å². The molecule has 0 unspecified atom stereocenters. The normalized spacial score (nSPS) is 10.8. The van der Waals surface area contributed by atoms with E-state index < -0.39 is 6.09 Å². The van der Waals surface area contributed by atoms with E-state index in [1.807, 2.05) is 42.5 Å². The summed E-state index contributed by atoms with van der Waals surface area (Å²) < 4.78 is 10.8. The molecule has 0 spiro atoms. The zero-order chi connectivity index (χ0) is 18.2. The summed E-state index contributed by atoms with van der Waals surface area (Å²) >= 11 is 0. The van der Waals surface area contributed by atoms with Crippen molar-refractivity contribution in [2.75, 3.05) is 6.61 Å². The Labute approximate surface area is 152 Å². The number of ether oxygens (including phenoxy) is 2. The van der Waals surface area contributed by atoms with E-state index in [0.717, 1.165) is 11.1 Å². The molecule has 26 heavy (non-hydrogen) atoms. The molecule has 1 N–H and O–H groups in total. The molecule has 3 aromatic carbocycles. The number of para-hydroxylation sites is 1. The van der Waals surface area contributed by atoms with Crippen LogP contribution in [0, 0.1) is 0 Å². The highest BCUT2D eigenvalue weighted by Gasteiger charge is 2.05. The first-order valence-electron chi connectivity index (χ1n) is 8.42. The van der Waals surface area contributed by atoms with Gasteiger partial charge in [0, 0.05) is 5.56 Å². The Morgan fingerprint density at radius 3 is 2.69 bits per heavy atom. The molecule has 1 amide bonds. The van der Waals surface area contributed by atoms with E-state index in [0.29, 0.717) is 19.0 Å². The average Bonchev–Trinajstić information content (AvgIpc) is 2.67. The van der Waals surface area contributed by atoms with E-state index in [-0.39, 0.29) is 0 Å². The molecule has 5 nitrogen and oxygen atoms in total. The largest absolute Gasteiger partial charge is 0.488 e. The van der Waals surface area contributed by atoms with Crippen molar-refractivity contribution in [1.82, 2.24) is 5.43 Å². The molecular weight excluding hydrogens is 328 g/mol. The Hall–Kier alpha value is -3.34. The van der Waals surface area contributed by atoms with E-state index >= 15 is 0 Å². The van der Waals surface area contributed by atoms with Crippen molar-refractivity contribution in [1.29, 1.82) is 0 Å². The Bertz CT molecular complexity index is 917. The molecular formula is C21H20N2O3. The minimum absolute atomic E-state index is 0.298. The van der Waals surface area contributed by atoms with Crippen LogP contribution in [0.15, 0.2) is 71.8 Å². The number of fused-ring (bicyclic) bond motifs is 1. The standard InChI is InChI=1S/C21H20N2O3/c1-2-25-21(24)23-22-14-17-9-4-6-13-20(17)26-15-18-11-7-10-16-8-3-5-12-19(16)18/h3-14H,2,15H2,1H3,(H,23,24)/b22-14+. The van der Waals surface area contributed by atoms with Gasteiger partial charge in [-0.1, -0.05) is 54.6 Å². The maximum Gasteiger partial charge on any atom is 0.427 e. The molecule has 3 aromatic rings. The second-order valence-electron chi connectivity index (χ2n) is 5.56. The van der Waals surface area contributed by atoms with Crippen LogP contribution in [0.1, 0.15) is 18.1 Å². The first-order chi connectivity index (χ1) is 12.8. The predicted molar refractivity (Wildman–Crippen MR) is 102 cm³/mol. The number of amides is 1. The summed E-state index contributed by atoms with van der Waals surface area (Å²) in [6.45, 7) is 2.48. The highest BCUT2D eigenvalue weighted by atomic mass is 16.5. The molecule has 0 aliphatic carbocycles. The molecule has 132 valence electrons. The summed E-state index contributed by atoms with van der Waals surface area (Å²) in [5, 5.41) is 6.25. The van der Waals surface area contributed by atoms with Crippen molar-refractivity contribution in [2.24, 2.45) is 5.10 Å². The second-order valence-corrected chi connectivity index (χ2v) is 5.56. The van der Waals surface area contributed by atoms with Crippen LogP contribution in [0.2, 0.25) is 0 Å². The molecule has 0 bridgehead atoms. The van der Waals surface area contributed by atoms with Crippen molar-refractivity contribution in [2.45, 2.75) is 13.5 Å². The van der Waals surface area contributed by atoms with Gasteiger partial charge in [-0.05, 0) is 35.4 Å². The first kappa shape index (κ1) is 17.5. The smallest absolute Gasteiger partial charge is 0.427 e. The van der Waals surface area contributed by atoms with Gasteiger partial charge in [-0.2, -0.15) is 5.10 Å². The third kappa shape index (κ3) is 4.39. The van der Waals surface area contributed by atoms with E-state index in [2.05, 4.69) is 34.8 Å². The van der Waals surface area contributed by atoms with Crippen molar-refractivity contribution >= 4 is 23.1 Å². The number of hydrazone groups is 1. The zero-order valence-electron chi connectivity index (χ0n) is 14.5. The lowest BCUT2D eigenvalue weighted by atomic mass is 10.1. The number of hydrogen-bond donors (Lipinski definition) is 1. The Balaban J connectivity index is 1.72. The molecule has 0 aliphatic rings. The van der Waals surface area contributed by atoms with E-state index in [4.69, 9.17) is 9.47 Å². The average molecular weight is 348 g/mol. The van der Waals surface area contributed by atoms with Gasteiger partial charge in [0.2, 0.25) is 0 Å². The highest BCUT2D eigenvalue weighted by Crippen LogP contribution is 2.22. The number of carbonyl (C=O) groups is 1. The van der Waals surface area contributed by atoms with Gasteiger partial charge in [0.05, 0.1) is 12.8 Å². The SMILES string of the molecule is CCOC(=O)N/N=C/c1ccccc1OCc1cccc2ccccc12. The second kappa shape index (κ2) is 8.67. The Kier molecular flexibility index (Phi) is 5.83. The van der Waals surface area contributed by atoms with Gasteiger partial charge in [-0.3, -0.25) is 0 Å². The molecule has 5 heteroatoms. The van der Waals surface area contributed by atoms with Crippen LogP contribution < -0.4 is 10.2 Å². The van der Waals surface area contributed by atoms with Crippen LogP contribution in [0.3, 0.4) is 0 Å². The topological polar surface area (TPSA) is 59.9 Å². The lowest BCUT2D eigenvalue weighted by Crippen LogP contribution is -2.18. The monoisotopic (exact) mass is 348 g/mol. The van der Waals surface area contributed by atoms with Crippen LogP contribution >= 0.6 is 0 Å². The Morgan fingerprint density at radius 1 is 1.04 bits per heavy atom. The molecule has 0 aromatic heterocycles. The van der Waals surface area contributed by atoms with E-state index in [1.165, 1.54) is 17.0 Å². The highest BCUT2D eigenvalue weighted by molar-refractivity contribution is 5.86. The summed E-state index contributed by atoms with van der Waals surface area (Å²) in [5.74, 6) is 0.690. The number of carbonyl (C=O) groups excluding carboxylic acids is 1. The molecule has 0 heterocycles. The molecule has 3 rings (SSSR count). The van der Waals surface area contributed by atoms with Crippen molar-refractivity contribution < 1.29 is 14.3 Å². The summed E-state index contributed by atoms with van der Waals surface area (Å²) in [6, 6.07) is 21.9. The summed E-state index contributed by atoms with van der Waals surface area (Å²) in [4.78, 5) is 11.3. The number of hydrogen-bond acceptors (Lipinski definition) is 4. The first-order valence-corrected chi connectivity index (χ1v) is 8.42. The lowest BCUT2D eigenvalue weighted by Gasteiger charge is -2.11. The van der Waals surface area contributed by atoms with Crippen LogP contribution in [0.25, 0.3) is 10.8 Å². The van der Waals surface area contributed by atoms with E-state index in [9.17, 15) is 4.79 Å². The van der Waals surface area contributed by atoms with Gasteiger partial charge in [0.25, 0.3) is 0 Å².